The minimum Gasteiger partial charge on any atom is -0.469 e. The van der Waals surface area contributed by atoms with E-state index < -0.39 is 0 Å². The topological polar surface area (TPSA) is 72.9 Å². The fourth-order valence-electron chi connectivity index (χ4n) is 2.99. The van der Waals surface area contributed by atoms with Gasteiger partial charge in [-0.1, -0.05) is 43.8 Å². The molecule has 0 saturated heterocycles. The van der Waals surface area contributed by atoms with Crippen LogP contribution >= 0.6 is 11.8 Å². The van der Waals surface area contributed by atoms with Gasteiger partial charge in [0.2, 0.25) is 5.91 Å². The molecule has 0 aliphatic heterocycles. The Kier molecular flexibility index (Phi) is 6.17. The summed E-state index contributed by atoms with van der Waals surface area (Å²) in [5.41, 5.74) is 1.53. The van der Waals surface area contributed by atoms with Crippen molar-refractivity contribution in [2.75, 3.05) is 0 Å². The highest BCUT2D eigenvalue weighted by atomic mass is 32.2. The summed E-state index contributed by atoms with van der Waals surface area (Å²) in [5.74, 6) is 1.60. The summed E-state index contributed by atoms with van der Waals surface area (Å²) < 4.78 is 7.47. The second-order valence-electron chi connectivity index (χ2n) is 8.39. The summed E-state index contributed by atoms with van der Waals surface area (Å²) in [4.78, 5) is 12.9. The average molecular weight is 413 g/mol. The number of hydrogen-bond donors (Lipinski definition) is 1. The fraction of sp³-hybridized carbons (Fsp3) is 0.409. The van der Waals surface area contributed by atoms with E-state index in [4.69, 9.17) is 4.42 Å². The van der Waals surface area contributed by atoms with Crippen LogP contribution in [0.3, 0.4) is 0 Å². The number of rotatable bonds is 6. The molecule has 3 rings (SSSR count). The van der Waals surface area contributed by atoms with E-state index in [1.807, 2.05) is 82.5 Å². The minimum atomic E-state index is -0.295. The Morgan fingerprint density at radius 3 is 2.38 bits per heavy atom. The van der Waals surface area contributed by atoms with E-state index in [0.29, 0.717) is 11.0 Å². The largest absolute Gasteiger partial charge is 0.469 e. The van der Waals surface area contributed by atoms with Gasteiger partial charge in [-0.25, -0.2) is 0 Å². The Morgan fingerprint density at radius 2 is 1.83 bits per heavy atom. The van der Waals surface area contributed by atoms with Gasteiger partial charge in [-0.15, -0.1) is 10.2 Å². The minimum absolute atomic E-state index is 0.00107. The van der Waals surface area contributed by atoms with Gasteiger partial charge in [0.15, 0.2) is 11.0 Å². The van der Waals surface area contributed by atoms with Crippen LogP contribution in [-0.4, -0.2) is 31.5 Å². The van der Waals surface area contributed by atoms with Crippen molar-refractivity contribution in [1.29, 1.82) is 0 Å². The van der Waals surface area contributed by atoms with Gasteiger partial charge >= 0.3 is 0 Å². The molecule has 154 valence electrons. The Hall–Kier alpha value is -2.54. The number of nitrogens with zero attached hydrogens (tertiary/aromatic N) is 3. The molecule has 3 aromatic rings. The highest BCUT2D eigenvalue weighted by Gasteiger charge is 2.30. The average Bonchev–Trinajstić information content (AvgIpc) is 3.24. The van der Waals surface area contributed by atoms with Crippen molar-refractivity contribution >= 4 is 17.7 Å². The highest BCUT2D eigenvalue weighted by molar-refractivity contribution is 8.00. The van der Waals surface area contributed by atoms with E-state index in [2.05, 4.69) is 15.5 Å². The van der Waals surface area contributed by atoms with Crippen molar-refractivity contribution in [3.8, 4) is 17.1 Å². The summed E-state index contributed by atoms with van der Waals surface area (Å²) in [6, 6.07) is 11.8. The third kappa shape index (κ3) is 4.90. The first-order valence-corrected chi connectivity index (χ1v) is 10.6. The molecule has 1 N–H and O–H groups in total. The molecule has 0 fully saturated rings. The van der Waals surface area contributed by atoms with Crippen LogP contribution in [0, 0.1) is 12.8 Å². The number of carbonyl (C=O) groups excluding carboxylic acids is 1. The van der Waals surface area contributed by atoms with E-state index in [0.717, 1.165) is 17.0 Å². The number of amides is 1. The second kappa shape index (κ2) is 8.45. The lowest BCUT2D eigenvalue weighted by Crippen LogP contribution is -2.46. The van der Waals surface area contributed by atoms with Crippen LogP contribution in [0.15, 0.2) is 52.2 Å². The molecular formula is C22H28N4O2S. The number of hydrogen-bond acceptors (Lipinski definition) is 5. The number of carbonyl (C=O) groups is 1. The summed E-state index contributed by atoms with van der Waals surface area (Å²) in [6.07, 6.45) is 1.65. The summed E-state index contributed by atoms with van der Waals surface area (Å²) in [5, 5.41) is 12.4. The number of nitrogens with one attached hydrogen (secondary N) is 1. The smallest absolute Gasteiger partial charge is 0.234 e. The number of aromatic nitrogens is 3. The number of aryl methyl sites for hydroxylation is 1. The van der Waals surface area contributed by atoms with Gasteiger partial charge in [0.1, 0.15) is 5.76 Å². The second-order valence-corrected chi connectivity index (χ2v) is 9.50. The van der Waals surface area contributed by atoms with Crippen LogP contribution in [0.5, 0.6) is 0 Å². The zero-order valence-corrected chi connectivity index (χ0v) is 18.6. The molecule has 0 saturated carbocycles. The predicted molar refractivity (Wildman–Crippen MR) is 116 cm³/mol. The first-order valence-electron chi connectivity index (χ1n) is 9.71. The van der Waals surface area contributed by atoms with Crippen molar-refractivity contribution in [3.63, 3.8) is 0 Å². The van der Waals surface area contributed by atoms with Crippen LogP contribution in [0.4, 0.5) is 0 Å². The summed E-state index contributed by atoms with van der Waals surface area (Å²) >= 11 is 1.44. The van der Waals surface area contributed by atoms with Crippen LogP contribution in [0.2, 0.25) is 0 Å². The van der Waals surface area contributed by atoms with Crippen LogP contribution in [0.1, 0.15) is 40.4 Å². The highest BCUT2D eigenvalue weighted by Crippen LogP contribution is 2.34. The van der Waals surface area contributed by atoms with E-state index in [1.165, 1.54) is 11.8 Å². The van der Waals surface area contributed by atoms with Crippen LogP contribution in [0.25, 0.3) is 17.1 Å². The van der Waals surface area contributed by atoms with Crippen LogP contribution < -0.4 is 5.32 Å². The third-order valence-corrected chi connectivity index (χ3v) is 5.83. The summed E-state index contributed by atoms with van der Waals surface area (Å²) in [6.45, 7) is 12.0. The molecule has 1 aromatic carbocycles. The normalized spacial score (nSPS) is 12.9. The van der Waals surface area contributed by atoms with Crippen LogP contribution in [-0.2, 0) is 4.79 Å². The number of benzene rings is 1. The van der Waals surface area contributed by atoms with Gasteiger partial charge in [-0.2, -0.15) is 0 Å². The first-order chi connectivity index (χ1) is 13.7. The molecule has 1 unspecified atom stereocenters. The zero-order valence-electron chi connectivity index (χ0n) is 17.8. The van der Waals surface area contributed by atoms with Crippen molar-refractivity contribution in [2.24, 2.45) is 5.92 Å². The Labute approximate surface area is 176 Å². The maximum Gasteiger partial charge on any atom is 0.234 e. The Balaban J connectivity index is 2.04. The number of thioether (sulfide) groups is 1. The molecule has 29 heavy (non-hydrogen) atoms. The Bertz CT molecular complexity index is 970. The van der Waals surface area contributed by atoms with Gasteiger partial charge in [0.25, 0.3) is 0 Å². The molecule has 0 bridgehead atoms. The molecule has 0 aliphatic carbocycles. The van der Waals surface area contributed by atoms with Gasteiger partial charge in [0, 0.05) is 11.2 Å². The van der Waals surface area contributed by atoms with E-state index >= 15 is 0 Å². The molecule has 1 amide bonds. The molecule has 0 radical (unpaired) electrons. The molecular weight excluding hydrogens is 384 g/mol. The standard InChI is InChI=1S/C22H28N4O2S/c1-14(2)18(20(27)23-22(4,5)6)29-21-25-24-19(17-12-13-28-15(17)3)26(21)16-10-8-7-9-11-16/h7-14,18H,1-6H3,(H,23,27). The van der Waals surface area contributed by atoms with Crippen molar-refractivity contribution < 1.29 is 9.21 Å². The molecule has 2 heterocycles. The van der Waals surface area contributed by atoms with Gasteiger partial charge in [-0.3, -0.25) is 9.36 Å². The number of para-hydroxylation sites is 1. The molecule has 0 spiro atoms. The molecule has 6 nitrogen and oxygen atoms in total. The molecule has 2 aromatic heterocycles. The van der Waals surface area contributed by atoms with Crippen molar-refractivity contribution in [2.45, 2.75) is 57.5 Å². The van der Waals surface area contributed by atoms with Gasteiger partial charge < -0.3 is 9.73 Å². The SMILES string of the molecule is Cc1occc1-c1nnc(SC(C(=O)NC(C)(C)C)C(C)C)n1-c1ccccc1. The van der Waals surface area contributed by atoms with Crippen molar-refractivity contribution in [3.05, 3.63) is 48.4 Å². The maximum absolute atomic E-state index is 12.9. The Morgan fingerprint density at radius 1 is 1.14 bits per heavy atom. The lowest BCUT2D eigenvalue weighted by Gasteiger charge is -2.26. The lowest BCUT2D eigenvalue weighted by atomic mass is 10.1. The van der Waals surface area contributed by atoms with Gasteiger partial charge in [-0.05, 0) is 51.8 Å². The molecule has 1 atom stereocenters. The monoisotopic (exact) mass is 412 g/mol. The van der Waals surface area contributed by atoms with Crippen molar-refractivity contribution in [1.82, 2.24) is 20.1 Å². The zero-order chi connectivity index (χ0) is 21.2. The van der Waals surface area contributed by atoms with E-state index in [9.17, 15) is 4.79 Å². The summed E-state index contributed by atoms with van der Waals surface area (Å²) in [7, 11) is 0. The maximum atomic E-state index is 12.9. The number of furan rings is 1. The predicted octanol–water partition coefficient (Wildman–Crippen LogP) is 4.87. The quantitative estimate of drug-likeness (QED) is 0.585. The van der Waals surface area contributed by atoms with E-state index in [-0.39, 0.29) is 22.6 Å². The van der Waals surface area contributed by atoms with Gasteiger partial charge in [0.05, 0.1) is 17.1 Å². The fourth-order valence-corrected chi connectivity index (χ4v) is 4.04. The third-order valence-electron chi connectivity index (χ3n) is 4.34. The molecule has 0 aliphatic rings. The van der Waals surface area contributed by atoms with E-state index in [1.54, 1.807) is 6.26 Å². The first kappa shape index (κ1) is 21.2. The molecule has 7 heteroatoms. The lowest BCUT2D eigenvalue weighted by molar-refractivity contribution is -0.122.